The molecule has 4 nitrogen and oxygen atoms in total. The number of aromatic nitrogens is 1. The Hall–Kier alpha value is -4.96. The van der Waals surface area contributed by atoms with Gasteiger partial charge in [-0.3, -0.25) is 0 Å². The van der Waals surface area contributed by atoms with Gasteiger partial charge in [-0.1, -0.05) is 54.6 Å². The largest absolute Gasteiger partial charge is 0.455 e. The molecule has 7 rings (SSSR count). The molecular weight excluding hydrogens is 442 g/mol. The smallest absolute Gasteiger partial charge is 0.145 e. The summed E-state index contributed by atoms with van der Waals surface area (Å²) < 4.78 is 8.69. The van der Waals surface area contributed by atoms with E-state index in [1.165, 1.54) is 12.4 Å². The van der Waals surface area contributed by atoms with Crippen molar-refractivity contribution in [2.45, 2.75) is 0 Å². The normalized spacial score (nSPS) is 11.6. The van der Waals surface area contributed by atoms with E-state index >= 15 is 0 Å². The Bertz CT molecular complexity index is 1950. The maximum Gasteiger partial charge on any atom is 0.145 e. The second-order valence-corrected chi connectivity index (χ2v) is 9.01. The van der Waals surface area contributed by atoms with E-state index in [-0.39, 0.29) is 0 Å². The van der Waals surface area contributed by atoms with E-state index in [1.54, 1.807) is 0 Å². The SMILES string of the molecule is N=Cc1cc(C=N)cc(-n2c3ccc(-c4ccccc4)cc3c3c4oc5ccccc5c4ccc32)c1. The van der Waals surface area contributed by atoms with Gasteiger partial charge in [0.1, 0.15) is 11.2 Å². The molecule has 0 bridgehead atoms. The summed E-state index contributed by atoms with van der Waals surface area (Å²) in [5.41, 5.74) is 8.55. The first kappa shape index (κ1) is 20.4. The van der Waals surface area contributed by atoms with Crippen molar-refractivity contribution in [2.75, 3.05) is 0 Å². The molecule has 170 valence electrons. The molecule has 0 radical (unpaired) electrons. The Morgan fingerprint density at radius 2 is 1.31 bits per heavy atom. The summed E-state index contributed by atoms with van der Waals surface area (Å²) in [6, 6.07) is 35.2. The lowest BCUT2D eigenvalue weighted by Crippen LogP contribution is -1.97. The molecule has 0 aliphatic heterocycles. The summed E-state index contributed by atoms with van der Waals surface area (Å²) in [6.07, 6.45) is 2.66. The van der Waals surface area contributed by atoms with Crippen LogP contribution >= 0.6 is 0 Å². The van der Waals surface area contributed by atoms with E-state index in [0.717, 1.165) is 71.7 Å². The first-order chi connectivity index (χ1) is 17.7. The summed E-state index contributed by atoms with van der Waals surface area (Å²) in [4.78, 5) is 0. The number of rotatable bonds is 4. The average molecular weight is 464 g/mol. The van der Waals surface area contributed by atoms with E-state index in [1.807, 2.05) is 42.5 Å². The molecule has 0 fully saturated rings. The van der Waals surface area contributed by atoms with Crippen molar-refractivity contribution in [3.63, 3.8) is 0 Å². The second kappa shape index (κ2) is 7.79. The van der Waals surface area contributed by atoms with Crippen molar-refractivity contribution in [2.24, 2.45) is 0 Å². The van der Waals surface area contributed by atoms with E-state index in [0.29, 0.717) is 0 Å². The molecule has 0 saturated carbocycles. The highest BCUT2D eigenvalue weighted by Crippen LogP contribution is 2.41. The minimum atomic E-state index is 0.756. The van der Waals surface area contributed by atoms with Crippen LogP contribution < -0.4 is 0 Å². The summed E-state index contributed by atoms with van der Waals surface area (Å²) in [5, 5.41) is 20.0. The lowest BCUT2D eigenvalue weighted by molar-refractivity contribution is 0.673. The third-order valence-electron chi connectivity index (χ3n) is 6.93. The Morgan fingerprint density at radius 3 is 2.08 bits per heavy atom. The zero-order chi connectivity index (χ0) is 24.2. The molecule has 0 aliphatic rings. The highest BCUT2D eigenvalue weighted by atomic mass is 16.3. The number of hydrogen-bond acceptors (Lipinski definition) is 3. The zero-order valence-electron chi connectivity index (χ0n) is 19.3. The molecule has 0 unspecified atom stereocenters. The number of nitrogens with zero attached hydrogens (tertiary/aromatic N) is 1. The minimum Gasteiger partial charge on any atom is -0.455 e. The first-order valence-corrected chi connectivity index (χ1v) is 11.9. The van der Waals surface area contributed by atoms with E-state index in [9.17, 15) is 0 Å². The van der Waals surface area contributed by atoms with Gasteiger partial charge in [-0.25, -0.2) is 0 Å². The fourth-order valence-electron chi connectivity index (χ4n) is 5.33. The van der Waals surface area contributed by atoms with E-state index in [4.69, 9.17) is 15.2 Å². The van der Waals surface area contributed by atoms with E-state index < -0.39 is 0 Å². The molecule has 0 saturated heterocycles. The van der Waals surface area contributed by atoms with Gasteiger partial charge in [0.2, 0.25) is 0 Å². The molecule has 0 atom stereocenters. The van der Waals surface area contributed by atoms with Crippen molar-refractivity contribution >= 4 is 56.2 Å². The van der Waals surface area contributed by atoms with Crippen LogP contribution in [0.2, 0.25) is 0 Å². The van der Waals surface area contributed by atoms with Gasteiger partial charge in [0.15, 0.2) is 0 Å². The van der Waals surface area contributed by atoms with Gasteiger partial charge in [0, 0.05) is 34.3 Å². The van der Waals surface area contributed by atoms with Crippen LogP contribution in [0.25, 0.3) is 60.6 Å². The number of benzene rings is 5. The fourth-order valence-corrected chi connectivity index (χ4v) is 5.33. The summed E-state index contributed by atoms with van der Waals surface area (Å²) in [7, 11) is 0. The molecular formula is C32H21N3O. The van der Waals surface area contributed by atoms with Crippen LogP contribution in [0.4, 0.5) is 0 Å². The van der Waals surface area contributed by atoms with Crippen LogP contribution in [-0.2, 0) is 0 Å². The Morgan fingerprint density at radius 1 is 0.583 bits per heavy atom. The van der Waals surface area contributed by atoms with Gasteiger partial charge >= 0.3 is 0 Å². The molecule has 36 heavy (non-hydrogen) atoms. The first-order valence-electron chi connectivity index (χ1n) is 11.9. The van der Waals surface area contributed by atoms with Crippen LogP contribution in [0.5, 0.6) is 0 Å². The van der Waals surface area contributed by atoms with Gasteiger partial charge < -0.3 is 19.8 Å². The monoisotopic (exact) mass is 463 g/mol. The van der Waals surface area contributed by atoms with Crippen LogP contribution in [0, 0.1) is 10.8 Å². The highest BCUT2D eigenvalue weighted by Gasteiger charge is 2.19. The molecule has 4 heteroatoms. The van der Waals surface area contributed by atoms with Gasteiger partial charge in [-0.2, -0.15) is 0 Å². The standard InChI is InChI=1S/C32H21N3O/c33-18-20-14-21(19-34)16-24(15-20)35-28-12-10-23(22-6-2-1-3-7-22)17-27(28)31-29(35)13-11-26-25-8-4-5-9-30(25)36-32(26)31/h1-19,33-34H. The minimum absolute atomic E-state index is 0.756. The van der Waals surface area contributed by atoms with Crippen LogP contribution in [0.3, 0.4) is 0 Å². The molecule has 0 aliphatic carbocycles. The molecule has 5 aromatic carbocycles. The number of hydrogen-bond donors (Lipinski definition) is 2. The summed E-state index contributed by atoms with van der Waals surface area (Å²) in [5.74, 6) is 0. The van der Waals surface area contributed by atoms with Crippen LogP contribution in [0.15, 0.2) is 108 Å². The maximum absolute atomic E-state index is 7.83. The van der Waals surface area contributed by atoms with Crippen LogP contribution in [-0.4, -0.2) is 17.0 Å². The molecule has 0 spiro atoms. The lowest BCUT2D eigenvalue weighted by Gasteiger charge is -2.10. The zero-order valence-corrected chi connectivity index (χ0v) is 19.3. The number of nitrogens with one attached hydrogen (secondary N) is 2. The predicted octanol–water partition coefficient (Wildman–Crippen LogP) is 8.35. The summed E-state index contributed by atoms with van der Waals surface area (Å²) in [6.45, 7) is 0. The van der Waals surface area contributed by atoms with Crippen molar-refractivity contribution in [1.82, 2.24) is 4.57 Å². The second-order valence-electron chi connectivity index (χ2n) is 9.01. The predicted molar refractivity (Wildman–Crippen MR) is 149 cm³/mol. The Kier molecular flexibility index (Phi) is 4.42. The van der Waals surface area contributed by atoms with E-state index in [2.05, 4.69) is 65.2 Å². The molecule has 7 aromatic rings. The fraction of sp³-hybridized carbons (Fsp3) is 0. The maximum atomic E-state index is 7.83. The molecule has 2 N–H and O–H groups in total. The van der Waals surface area contributed by atoms with Gasteiger partial charge in [0.05, 0.1) is 16.4 Å². The topological polar surface area (TPSA) is 65.8 Å². The summed E-state index contributed by atoms with van der Waals surface area (Å²) >= 11 is 0. The Balaban J connectivity index is 1.66. The van der Waals surface area contributed by atoms with Crippen LogP contribution in [0.1, 0.15) is 11.1 Å². The average Bonchev–Trinajstić information content (AvgIpc) is 3.48. The van der Waals surface area contributed by atoms with Gasteiger partial charge in [-0.15, -0.1) is 0 Å². The van der Waals surface area contributed by atoms with Crippen molar-refractivity contribution in [3.05, 3.63) is 114 Å². The quantitative estimate of drug-likeness (QED) is 0.253. The highest BCUT2D eigenvalue weighted by molar-refractivity contribution is 6.24. The van der Waals surface area contributed by atoms with Crippen molar-refractivity contribution < 1.29 is 4.42 Å². The number of para-hydroxylation sites is 1. The third kappa shape index (κ3) is 2.95. The van der Waals surface area contributed by atoms with Gasteiger partial charge in [0.25, 0.3) is 0 Å². The molecule has 2 aromatic heterocycles. The molecule has 0 amide bonds. The van der Waals surface area contributed by atoms with Gasteiger partial charge in [-0.05, 0) is 70.8 Å². The Labute approximate surface area is 207 Å². The number of fused-ring (bicyclic) bond motifs is 7. The van der Waals surface area contributed by atoms with Crippen molar-refractivity contribution in [3.8, 4) is 16.8 Å². The number of furan rings is 1. The lowest BCUT2D eigenvalue weighted by atomic mass is 10.0. The van der Waals surface area contributed by atoms with Crippen molar-refractivity contribution in [1.29, 1.82) is 10.8 Å². The third-order valence-corrected chi connectivity index (χ3v) is 6.93. The molecule has 2 heterocycles.